The van der Waals surface area contributed by atoms with E-state index in [1.807, 2.05) is 17.2 Å². The van der Waals surface area contributed by atoms with E-state index < -0.39 is 0 Å². The van der Waals surface area contributed by atoms with E-state index in [1.165, 1.54) is 11.3 Å². The summed E-state index contributed by atoms with van der Waals surface area (Å²) in [6.07, 6.45) is 2.18. The van der Waals surface area contributed by atoms with Crippen molar-refractivity contribution in [3.05, 3.63) is 11.1 Å². The summed E-state index contributed by atoms with van der Waals surface area (Å²) in [5.74, 6) is 0.865. The van der Waals surface area contributed by atoms with Crippen LogP contribution in [0.25, 0.3) is 0 Å². The van der Waals surface area contributed by atoms with Crippen LogP contribution in [0, 0.1) is 0 Å². The molecule has 1 N–H and O–H groups in total. The fourth-order valence-corrected chi connectivity index (χ4v) is 3.39. The Balaban J connectivity index is 1.98. The molecule has 1 atom stereocenters. The first-order valence-electron chi connectivity index (χ1n) is 6.08. The van der Waals surface area contributed by atoms with Gasteiger partial charge >= 0.3 is 0 Å². The second-order valence-electron chi connectivity index (χ2n) is 4.55. The molecule has 0 aliphatic heterocycles. The third kappa shape index (κ3) is 3.46. The van der Waals surface area contributed by atoms with Crippen molar-refractivity contribution in [2.45, 2.75) is 43.7 Å². The van der Waals surface area contributed by atoms with Crippen LogP contribution < -0.4 is 4.90 Å². The van der Waals surface area contributed by atoms with Crippen molar-refractivity contribution in [1.82, 2.24) is 4.98 Å². The summed E-state index contributed by atoms with van der Waals surface area (Å²) in [7, 11) is 0. The number of rotatable bonds is 6. The number of anilines is 1. The minimum absolute atomic E-state index is 0.0785. The number of nitrogens with zero attached hydrogens (tertiary/aromatic N) is 2. The van der Waals surface area contributed by atoms with Crippen LogP contribution in [-0.2, 0) is 10.5 Å². The maximum atomic E-state index is 11.6. The van der Waals surface area contributed by atoms with Crippen molar-refractivity contribution in [2.75, 3.05) is 11.5 Å². The average Bonchev–Trinajstić information content (AvgIpc) is 3.05. The van der Waals surface area contributed by atoms with Crippen LogP contribution in [0.3, 0.4) is 0 Å². The molecule has 1 amide bonds. The topological polar surface area (TPSA) is 53.4 Å². The van der Waals surface area contributed by atoms with Gasteiger partial charge in [-0.1, -0.05) is 6.92 Å². The average molecular weight is 286 g/mol. The highest BCUT2D eigenvalue weighted by Crippen LogP contribution is 2.34. The van der Waals surface area contributed by atoms with Gasteiger partial charge in [-0.15, -0.1) is 23.1 Å². The molecule has 0 unspecified atom stereocenters. The van der Waals surface area contributed by atoms with Gasteiger partial charge in [0, 0.05) is 29.3 Å². The van der Waals surface area contributed by atoms with Gasteiger partial charge in [0.25, 0.3) is 0 Å². The first-order chi connectivity index (χ1) is 8.61. The molecule has 18 heavy (non-hydrogen) atoms. The number of thioether (sulfide) groups is 1. The number of aromatic nitrogens is 1. The summed E-state index contributed by atoms with van der Waals surface area (Å²) in [6, 6.07) is 0.366. The van der Waals surface area contributed by atoms with E-state index in [-0.39, 0.29) is 17.8 Å². The summed E-state index contributed by atoms with van der Waals surface area (Å²) in [5, 5.41) is 12.0. The largest absolute Gasteiger partial charge is 0.395 e. The first-order valence-corrected chi connectivity index (χ1v) is 8.01. The van der Waals surface area contributed by atoms with E-state index in [4.69, 9.17) is 5.11 Å². The molecule has 1 aromatic heterocycles. The van der Waals surface area contributed by atoms with Crippen molar-refractivity contribution in [2.24, 2.45) is 0 Å². The molecule has 1 saturated carbocycles. The minimum Gasteiger partial charge on any atom is -0.395 e. The van der Waals surface area contributed by atoms with Gasteiger partial charge in [-0.05, 0) is 12.8 Å². The van der Waals surface area contributed by atoms with Crippen LogP contribution in [0.4, 0.5) is 5.13 Å². The maximum absolute atomic E-state index is 11.6. The number of aliphatic hydroxyl groups is 1. The van der Waals surface area contributed by atoms with Crippen molar-refractivity contribution in [3.8, 4) is 0 Å². The monoisotopic (exact) mass is 286 g/mol. The van der Waals surface area contributed by atoms with E-state index in [2.05, 4.69) is 4.98 Å². The number of thiazole rings is 1. The highest BCUT2D eigenvalue weighted by molar-refractivity contribution is 7.99. The van der Waals surface area contributed by atoms with E-state index in [0.29, 0.717) is 6.04 Å². The highest BCUT2D eigenvalue weighted by atomic mass is 32.2. The number of hydrogen-bond donors (Lipinski definition) is 1. The molecule has 2 rings (SSSR count). The summed E-state index contributed by atoms with van der Waals surface area (Å²) in [4.78, 5) is 17.9. The van der Waals surface area contributed by atoms with Gasteiger partial charge in [0.2, 0.25) is 5.91 Å². The molecule has 1 aromatic rings. The summed E-state index contributed by atoms with van der Waals surface area (Å²) >= 11 is 3.21. The lowest BCUT2D eigenvalue weighted by atomic mass is 10.5. The number of amides is 1. The van der Waals surface area contributed by atoms with Crippen molar-refractivity contribution >= 4 is 34.1 Å². The zero-order chi connectivity index (χ0) is 13.1. The Morgan fingerprint density at radius 3 is 3.00 bits per heavy atom. The van der Waals surface area contributed by atoms with Gasteiger partial charge < -0.3 is 5.11 Å². The van der Waals surface area contributed by atoms with Crippen LogP contribution in [0.2, 0.25) is 0 Å². The number of carbonyl (C=O) groups is 1. The third-order valence-corrected chi connectivity index (χ3v) is 4.84. The highest BCUT2D eigenvalue weighted by Gasteiger charge is 2.33. The van der Waals surface area contributed by atoms with E-state index in [1.54, 1.807) is 18.7 Å². The normalized spacial score (nSPS) is 16.6. The molecule has 0 saturated heterocycles. The second kappa shape index (κ2) is 6.04. The summed E-state index contributed by atoms with van der Waals surface area (Å²) in [6.45, 7) is 3.77. The molecule has 0 radical (unpaired) electrons. The molecule has 1 heterocycles. The molecule has 6 heteroatoms. The molecule has 0 spiro atoms. The number of carbonyl (C=O) groups excluding carboxylic acids is 1. The Morgan fingerprint density at radius 2 is 2.44 bits per heavy atom. The second-order valence-corrected chi connectivity index (χ2v) is 6.81. The van der Waals surface area contributed by atoms with Gasteiger partial charge in [-0.25, -0.2) is 4.98 Å². The minimum atomic E-state index is 0.0785. The van der Waals surface area contributed by atoms with Crippen LogP contribution >= 0.6 is 23.1 Å². The quantitative estimate of drug-likeness (QED) is 0.871. The van der Waals surface area contributed by atoms with E-state index in [0.717, 1.165) is 29.4 Å². The molecule has 1 aliphatic carbocycles. The van der Waals surface area contributed by atoms with Gasteiger partial charge in [-0.2, -0.15) is 0 Å². The van der Waals surface area contributed by atoms with Crippen LogP contribution in [-0.4, -0.2) is 33.9 Å². The van der Waals surface area contributed by atoms with Gasteiger partial charge in [0.05, 0.1) is 12.3 Å². The molecule has 0 bridgehead atoms. The number of aliphatic hydroxyl groups excluding tert-OH is 1. The predicted octanol–water partition coefficient (Wildman–Crippen LogP) is 2.27. The number of hydrogen-bond acceptors (Lipinski definition) is 5. The third-order valence-electron chi connectivity index (χ3n) is 2.77. The molecule has 1 fully saturated rings. The SMILES string of the molecule is CC(=O)N(c1nc(CS[C@@H](C)CO)cs1)C1CC1. The Hall–Kier alpha value is -0.590. The lowest BCUT2D eigenvalue weighted by molar-refractivity contribution is -0.116. The fourth-order valence-electron chi connectivity index (χ4n) is 1.63. The molecule has 100 valence electrons. The van der Waals surface area contributed by atoms with Crippen molar-refractivity contribution in [1.29, 1.82) is 0 Å². The van der Waals surface area contributed by atoms with Crippen LogP contribution in [0.5, 0.6) is 0 Å². The Kier molecular flexibility index (Phi) is 4.64. The first kappa shape index (κ1) is 13.8. The predicted molar refractivity (Wildman–Crippen MR) is 76.1 cm³/mol. The van der Waals surface area contributed by atoms with E-state index in [9.17, 15) is 4.79 Å². The maximum Gasteiger partial charge on any atom is 0.225 e. The molecular weight excluding hydrogens is 268 g/mol. The van der Waals surface area contributed by atoms with Gasteiger partial charge in [0.15, 0.2) is 5.13 Å². The van der Waals surface area contributed by atoms with Crippen molar-refractivity contribution < 1.29 is 9.90 Å². The Morgan fingerprint density at radius 1 is 1.72 bits per heavy atom. The molecule has 0 aromatic carbocycles. The van der Waals surface area contributed by atoms with Crippen LogP contribution in [0.1, 0.15) is 32.4 Å². The molecule has 1 aliphatic rings. The lowest BCUT2D eigenvalue weighted by Gasteiger charge is -2.16. The fraction of sp³-hybridized carbons (Fsp3) is 0.667. The van der Waals surface area contributed by atoms with Crippen molar-refractivity contribution in [3.63, 3.8) is 0 Å². The van der Waals surface area contributed by atoms with Gasteiger partial charge in [0.1, 0.15) is 0 Å². The van der Waals surface area contributed by atoms with Crippen LogP contribution in [0.15, 0.2) is 5.38 Å². The van der Waals surface area contributed by atoms with Gasteiger partial charge in [-0.3, -0.25) is 9.69 Å². The molecular formula is C12H18N2O2S2. The zero-order valence-corrected chi connectivity index (χ0v) is 12.3. The lowest BCUT2D eigenvalue weighted by Crippen LogP contribution is -2.30. The summed E-state index contributed by atoms with van der Waals surface area (Å²) < 4.78 is 0. The molecule has 4 nitrogen and oxygen atoms in total. The Labute approximate surface area is 115 Å². The van der Waals surface area contributed by atoms with E-state index >= 15 is 0 Å². The summed E-state index contributed by atoms with van der Waals surface area (Å²) in [5.41, 5.74) is 0.993. The standard InChI is InChI=1S/C12H18N2O2S2/c1-8(5-15)17-6-10-7-18-12(13-10)14(9(2)16)11-3-4-11/h7-8,11,15H,3-6H2,1-2H3/t8-/m0/s1. The smallest absolute Gasteiger partial charge is 0.225 e. The zero-order valence-electron chi connectivity index (χ0n) is 10.6. The Bertz CT molecular complexity index is 418.